The van der Waals surface area contributed by atoms with E-state index in [1.807, 2.05) is 17.0 Å². The van der Waals surface area contributed by atoms with Gasteiger partial charge < -0.3 is 23.8 Å². The number of methoxy groups -OCH3 is 3. The Bertz CT molecular complexity index is 570. The monoisotopic (exact) mass is 383 g/mol. The van der Waals surface area contributed by atoms with Crippen LogP contribution in [0.2, 0.25) is 0 Å². The van der Waals surface area contributed by atoms with Crippen molar-refractivity contribution in [2.75, 3.05) is 46.8 Å². The minimum absolute atomic E-state index is 0.131. The van der Waals surface area contributed by atoms with Crippen LogP contribution in [0.4, 0.5) is 0 Å². The molecule has 0 bridgehead atoms. The molecule has 1 atom stereocenters. The minimum Gasteiger partial charge on any atom is -0.496 e. The molecule has 1 aromatic rings. The molecule has 0 aromatic heterocycles. The summed E-state index contributed by atoms with van der Waals surface area (Å²) in [6, 6.07) is 3.65. The lowest BCUT2D eigenvalue weighted by molar-refractivity contribution is -0.128. The Morgan fingerprint density at radius 2 is 1.73 bits per heavy atom. The highest BCUT2D eigenvalue weighted by Gasteiger charge is 2.36. The van der Waals surface area contributed by atoms with Crippen molar-refractivity contribution in [3.8, 4) is 17.2 Å². The zero-order chi connectivity index (χ0) is 18.9. The van der Waals surface area contributed by atoms with Crippen LogP contribution < -0.4 is 14.2 Å². The standard InChI is InChI=1S/C19H29NO5S/c1-5-6-9-25-10-7-8-20-17(21)13-26-19(20)18-15(23-3)11-14(22-2)12-16(18)24-4/h11-12,19H,5-10,13H2,1-4H3. The molecule has 26 heavy (non-hydrogen) atoms. The molecular formula is C19H29NO5S. The zero-order valence-corrected chi connectivity index (χ0v) is 16.9. The molecule has 1 aromatic carbocycles. The van der Waals surface area contributed by atoms with Gasteiger partial charge >= 0.3 is 0 Å². The number of nitrogens with zero attached hydrogens (tertiary/aromatic N) is 1. The van der Waals surface area contributed by atoms with Crippen LogP contribution in [0.1, 0.15) is 37.1 Å². The Labute approximate surface area is 160 Å². The van der Waals surface area contributed by atoms with E-state index in [9.17, 15) is 4.79 Å². The van der Waals surface area contributed by atoms with Gasteiger partial charge in [-0.1, -0.05) is 13.3 Å². The summed E-state index contributed by atoms with van der Waals surface area (Å²) in [6.07, 6.45) is 3.01. The molecule has 0 spiro atoms. The van der Waals surface area contributed by atoms with Crippen LogP contribution >= 0.6 is 11.8 Å². The number of hydrogen-bond donors (Lipinski definition) is 0. The normalized spacial score (nSPS) is 16.8. The molecule has 1 aliphatic rings. The van der Waals surface area contributed by atoms with E-state index in [2.05, 4.69) is 6.92 Å². The number of carbonyl (C=O) groups excluding carboxylic acids is 1. The Balaban J connectivity index is 2.14. The summed E-state index contributed by atoms with van der Waals surface area (Å²) in [5.74, 6) is 2.58. The van der Waals surface area contributed by atoms with Gasteiger partial charge in [-0.3, -0.25) is 4.79 Å². The van der Waals surface area contributed by atoms with Crippen molar-refractivity contribution < 1.29 is 23.7 Å². The number of unbranched alkanes of at least 4 members (excludes halogenated alkanes) is 1. The Morgan fingerprint density at radius 1 is 1.08 bits per heavy atom. The number of rotatable bonds is 11. The SMILES string of the molecule is CCCCOCCCN1C(=O)CSC1c1c(OC)cc(OC)cc1OC. The van der Waals surface area contributed by atoms with E-state index in [1.54, 1.807) is 33.1 Å². The second kappa shape index (κ2) is 10.5. The molecule has 1 saturated heterocycles. The Kier molecular flexibility index (Phi) is 8.38. The van der Waals surface area contributed by atoms with E-state index >= 15 is 0 Å². The number of hydrogen-bond acceptors (Lipinski definition) is 6. The molecule has 6 nitrogen and oxygen atoms in total. The number of thioether (sulfide) groups is 1. The average molecular weight is 384 g/mol. The first-order chi connectivity index (χ1) is 12.7. The van der Waals surface area contributed by atoms with Crippen molar-refractivity contribution in [3.05, 3.63) is 17.7 Å². The van der Waals surface area contributed by atoms with Crippen molar-refractivity contribution in [1.82, 2.24) is 4.90 Å². The van der Waals surface area contributed by atoms with Crippen LogP contribution in [0.3, 0.4) is 0 Å². The van der Waals surface area contributed by atoms with Gasteiger partial charge in [0.25, 0.3) is 0 Å². The Morgan fingerprint density at radius 3 is 2.31 bits per heavy atom. The maximum atomic E-state index is 12.4. The maximum absolute atomic E-state index is 12.4. The van der Waals surface area contributed by atoms with Gasteiger partial charge in [0, 0.05) is 31.9 Å². The van der Waals surface area contributed by atoms with Crippen LogP contribution in [-0.2, 0) is 9.53 Å². The van der Waals surface area contributed by atoms with Crippen molar-refractivity contribution in [2.45, 2.75) is 31.6 Å². The highest BCUT2D eigenvalue weighted by molar-refractivity contribution is 8.00. The van der Waals surface area contributed by atoms with Gasteiger partial charge in [0.15, 0.2) is 0 Å². The summed E-state index contributed by atoms with van der Waals surface area (Å²) in [6.45, 7) is 4.24. The van der Waals surface area contributed by atoms with Gasteiger partial charge in [0.2, 0.25) is 5.91 Å². The summed E-state index contributed by atoms with van der Waals surface area (Å²) in [5.41, 5.74) is 0.874. The first-order valence-electron chi connectivity index (χ1n) is 8.95. The third-order valence-corrected chi connectivity index (χ3v) is 5.52. The summed E-state index contributed by atoms with van der Waals surface area (Å²) in [7, 11) is 4.84. The first-order valence-corrected chi connectivity index (χ1v) is 9.99. The van der Waals surface area contributed by atoms with E-state index in [0.29, 0.717) is 36.2 Å². The maximum Gasteiger partial charge on any atom is 0.233 e. The van der Waals surface area contributed by atoms with Crippen LogP contribution in [-0.4, -0.2) is 57.6 Å². The molecule has 0 aliphatic carbocycles. The van der Waals surface area contributed by atoms with Crippen molar-refractivity contribution in [2.24, 2.45) is 0 Å². The third kappa shape index (κ3) is 4.98. The fourth-order valence-electron chi connectivity index (χ4n) is 2.90. The largest absolute Gasteiger partial charge is 0.496 e. The van der Waals surface area contributed by atoms with Gasteiger partial charge in [0.1, 0.15) is 22.6 Å². The molecule has 1 unspecified atom stereocenters. The Hall–Kier alpha value is -1.60. The molecule has 7 heteroatoms. The fraction of sp³-hybridized carbons (Fsp3) is 0.632. The molecule has 1 heterocycles. The molecule has 146 valence electrons. The molecule has 1 fully saturated rings. The topological polar surface area (TPSA) is 57.2 Å². The second-order valence-electron chi connectivity index (χ2n) is 6.02. The molecule has 0 N–H and O–H groups in total. The quantitative estimate of drug-likeness (QED) is 0.545. The van der Waals surface area contributed by atoms with Gasteiger partial charge in [-0.2, -0.15) is 0 Å². The fourth-order valence-corrected chi connectivity index (χ4v) is 4.16. The average Bonchev–Trinajstić information content (AvgIpc) is 3.03. The van der Waals surface area contributed by atoms with Crippen molar-refractivity contribution in [1.29, 1.82) is 0 Å². The van der Waals surface area contributed by atoms with Gasteiger partial charge in [-0.15, -0.1) is 11.8 Å². The van der Waals surface area contributed by atoms with E-state index < -0.39 is 0 Å². The highest BCUT2D eigenvalue weighted by Crippen LogP contribution is 2.48. The van der Waals surface area contributed by atoms with Crippen LogP contribution in [0.25, 0.3) is 0 Å². The van der Waals surface area contributed by atoms with E-state index in [0.717, 1.165) is 31.4 Å². The van der Waals surface area contributed by atoms with Crippen molar-refractivity contribution in [3.63, 3.8) is 0 Å². The predicted molar refractivity (Wildman–Crippen MR) is 103 cm³/mol. The predicted octanol–water partition coefficient (Wildman–Crippen LogP) is 3.49. The summed E-state index contributed by atoms with van der Waals surface area (Å²) in [5, 5.41) is -0.131. The van der Waals surface area contributed by atoms with Gasteiger partial charge in [-0.05, 0) is 12.8 Å². The summed E-state index contributed by atoms with van der Waals surface area (Å²) in [4.78, 5) is 14.3. The molecule has 0 saturated carbocycles. The zero-order valence-electron chi connectivity index (χ0n) is 16.1. The number of ether oxygens (including phenoxy) is 4. The van der Waals surface area contributed by atoms with Gasteiger partial charge in [-0.25, -0.2) is 0 Å². The number of benzene rings is 1. The van der Waals surface area contributed by atoms with Crippen LogP contribution in [0.15, 0.2) is 12.1 Å². The lowest BCUT2D eigenvalue weighted by Gasteiger charge is -2.27. The molecule has 1 aliphatic heterocycles. The molecule has 0 radical (unpaired) electrons. The molecule has 2 rings (SSSR count). The van der Waals surface area contributed by atoms with Crippen molar-refractivity contribution >= 4 is 17.7 Å². The lowest BCUT2D eigenvalue weighted by atomic mass is 10.1. The highest BCUT2D eigenvalue weighted by atomic mass is 32.2. The van der Waals surface area contributed by atoms with E-state index in [4.69, 9.17) is 18.9 Å². The smallest absolute Gasteiger partial charge is 0.233 e. The van der Waals surface area contributed by atoms with E-state index in [-0.39, 0.29) is 11.3 Å². The van der Waals surface area contributed by atoms with Crippen LogP contribution in [0.5, 0.6) is 17.2 Å². The first kappa shape index (κ1) is 20.7. The van der Waals surface area contributed by atoms with Gasteiger partial charge in [0.05, 0.1) is 32.6 Å². The second-order valence-corrected chi connectivity index (χ2v) is 7.08. The lowest BCUT2D eigenvalue weighted by Crippen LogP contribution is -2.30. The third-order valence-electron chi connectivity index (χ3n) is 4.30. The van der Waals surface area contributed by atoms with E-state index in [1.165, 1.54) is 0 Å². The minimum atomic E-state index is -0.131. The van der Waals surface area contributed by atoms with Crippen LogP contribution in [0, 0.1) is 0 Å². The molecule has 1 amide bonds. The molecular weight excluding hydrogens is 354 g/mol. The number of amides is 1. The summed E-state index contributed by atoms with van der Waals surface area (Å²) < 4.78 is 22.1. The summed E-state index contributed by atoms with van der Waals surface area (Å²) >= 11 is 1.59. The number of carbonyl (C=O) groups is 1.